The minimum absolute atomic E-state index is 0.0103. The Labute approximate surface area is 152 Å². The van der Waals surface area contributed by atoms with Crippen molar-refractivity contribution in [2.75, 3.05) is 5.75 Å². The SMILES string of the molecule is O=C(CSc1n[nH]c(-c2ccccc2)n1)NNC(=O)c1ccccc1F. The number of carbonyl (C=O) groups excluding carboxylic acids is 2. The molecule has 7 nitrogen and oxygen atoms in total. The number of H-pyrrole nitrogens is 1. The van der Waals surface area contributed by atoms with Crippen molar-refractivity contribution in [3.8, 4) is 11.4 Å². The van der Waals surface area contributed by atoms with Crippen molar-refractivity contribution >= 4 is 23.6 Å². The Morgan fingerprint density at radius 2 is 1.77 bits per heavy atom. The monoisotopic (exact) mass is 371 g/mol. The lowest BCUT2D eigenvalue weighted by Gasteiger charge is -2.07. The lowest BCUT2D eigenvalue weighted by Crippen LogP contribution is -2.42. The van der Waals surface area contributed by atoms with Crippen molar-refractivity contribution in [1.82, 2.24) is 26.0 Å². The summed E-state index contributed by atoms with van der Waals surface area (Å²) in [5.74, 6) is -1.27. The highest BCUT2D eigenvalue weighted by Gasteiger charge is 2.13. The van der Waals surface area contributed by atoms with E-state index < -0.39 is 17.6 Å². The Morgan fingerprint density at radius 1 is 1.04 bits per heavy atom. The van der Waals surface area contributed by atoms with E-state index in [1.54, 1.807) is 0 Å². The van der Waals surface area contributed by atoms with Gasteiger partial charge in [-0.25, -0.2) is 9.37 Å². The van der Waals surface area contributed by atoms with E-state index in [1.165, 1.54) is 24.3 Å². The standard InChI is InChI=1S/C17H14FN5O2S/c18-13-9-5-4-8-12(13)16(25)22-20-14(24)10-26-17-19-15(21-23-17)11-6-2-1-3-7-11/h1-9H,10H2,(H,20,24)(H,22,25)(H,19,21,23). The number of nitrogens with one attached hydrogen (secondary N) is 3. The van der Waals surface area contributed by atoms with E-state index in [0.717, 1.165) is 17.3 Å². The molecule has 26 heavy (non-hydrogen) atoms. The number of benzene rings is 2. The first-order valence-electron chi connectivity index (χ1n) is 7.58. The van der Waals surface area contributed by atoms with Gasteiger partial charge < -0.3 is 0 Å². The maximum absolute atomic E-state index is 13.5. The third kappa shape index (κ3) is 4.45. The van der Waals surface area contributed by atoms with E-state index in [1.807, 2.05) is 30.3 Å². The molecule has 0 saturated heterocycles. The molecule has 0 atom stereocenters. The van der Waals surface area contributed by atoms with Crippen LogP contribution in [0.4, 0.5) is 4.39 Å². The molecule has 2 amide bonds. The van der Waals surface area contributed by atoms with Gasteiger partial charge in [0.2, 0.25) is 11.1 Å². The fourth-order valence-electron chi connectivity index (χ4n) is 2.04. The summed E-state index contributed by atoms with van der Waals surface area (Å²) in [5.41, 5.74) is 5.12. The van der Waals surface area contributed by atoms with Gasteiger partial charge in [0.15, 0.2) is 5.82 Å². The second-order valence-corrected chi connectivity index (χ2v) is 6.05. The van der Waals surface area contributed by atoms with Crippen LogP contribution in [0, 0.1) is 5.82 Å². The molecular formula is C17H14FN5O2S. The average molecular weight is 371 g/mol. The smallest absolute Gasteiger partial charge is 0.272 e. The summed E-state index contributed by atoms with van der Waals surface area (Å²) in [6.07, 6.45) is 0. The Morgan fingerprint density at radius 3 is 2.54 bits per heavy atom. The lowest BCUT2D eigenvalue weighted by molar-refractivity contribution is -0.119. The van der Waals surface area contributed by atoms with Gasteiger partial charge in [0, 0.05) is 5.56 Å². The van der Waals surface area contributed by atoms with Crippen molar-refractivity contribution in [2.24, 2.45) is 0 Å². The van der Waals surface area contributed by atoms with Gasteiger partial charge in [0.05, 0.1) is 11.3 Å². The third-order valence-electron chi connectivity index (χ3n) is 3.28. The van der Waals surface area contributed by atoms with Gasteiger partial charge in [-0.1, -0.05) is 54.2 Å². The number of nitrogens with zero attached hydrogens (tertiary/aromatic N) is 2. The van der Waals surface area contributed by atoms with E-state index in [2.05, 4.69) is 26.0 Å². The molecule has 0 spiro atoms. The Kier molecular flexibility index (Phi) is 5.59. The second kappa shape index (κ2) is 8.26. The molecule has 9 heteroatoms. The molecule has 0 aliphatic heterocycles. The zero-order chi connectivity index (χ0) is 18.4. The van der Waals surface area contributed by atoms with Crippen LogP contribution in [-0.2, 0) is 4.79 Å². The molecule has 3 rings (SSSR count). The minimum Gasteiger partial charge on any atom is -0.272 e. The molecule has 0 bridgehead atoms. The Hall–Kier alpha value is -3.20. The van der Waals surface area contributed by atoms with Gasteiger partial charge in [0.1, 0.15) is 5.82 Å². The van der Waals surface area contributed by atoms with Gasteiger partial charge in [-0.15, -0.1) is 5.10 Å². The van der Waals surface area contributed by atoms with Gasteiger partial charge >= 0.3 is 0 Å². The predicted molar refractivity (Wildman–Crippen MR) is 94.6 cm³/mol. The summed E-state index contributed by atoms with van der Waals surface area (Å²) < 4.78 is 13.5. The van der Waals surface area contributed by atoms with Gasteiger partial charge in [-0.3, -0.25) is 25.5 Å². The number of rotatable bonds is 5. The molecule has 2 aromatic carbocycles. The maximum atomic E-state index is 13.5. The molecule has 0 fully saturated rings. The van der Waals surface area contributed by atoms with Crippen LogP contribution >= 0.6 is 11.8 Å². The molecule has 0 radical (unpaired) electrons. The van der Waals surface area contributed by atoms with Gasteiger partial charge in [-0.2, -0.15) is 0 Å². The first-order chi connectivity index (χ1) is 12.6. The molecular weight excluding hydrogens is 357 g/mol. The first-order valence-corrected chi connectivity index (χ1v) is 8.56. The molecule has 0 saturated carbocycles. The summed E-state index contributed by atoms with van der Waals surface area (Å²) in [4.78, 5) is 27.9. The van der Waals surface area contributed by atoms with Crippen LogP contribution in [-0.4, -0.2) is 32.7 Å². The number of hydrazine groups is 1. The minimum atomic E-state index is -0.731. The van der Waals surface area contributed by atoms with Crippen LogP contribution in [0.2, 0.25) is 0 Å². The first kappa shape index (κ1) is 17.6. The van der Waals surface area contributed by atoms with Gasteiger partial charge in [0.25, 0.3) is 5.91 Å². The average Bonchev–Trinajstić information content (AvgIpc) is 3.14. The van der Waals surface area contributed by atoms with Crippen LogP contribution in [0.5, 0.6) is 0 Å². The fraction of sp³-hybridized carbons (Fsp3) is 0.0588. The summed E-state index contributed by atoms with van der Waals surface area (Å²) in [5, 5.41) is 7.23. The van der Waals surface area contributed by atoms with Crippen LogP contribution in [0.3, 0.4) is 0 Å². The summed E-state index contributed by atoms with van der Waals surface area (Å²) in [7, 11) is 0. The number of thioether (sulfide) groups is 1. The largest absolute Gasteiger partial charge is 0.272 e. The van der Waals surface area contributed by atoms with Crippen molar-refractivity contribution < 1.29 is 14.0 Å². The Bertz CT molecular complexity index is 916. The van der Waals surface area contributed by atoms with Crippen LogP contribution in [0.1, 0.15) is 10.4 Å². The maximum Gasteiger partial charge on any atom is 0.272 e. The van der Waals surface area contributed by atoms with Crippen molar-refractivity contribution in [3.63, 3.8) is 0 Å². The topological polar surface area (TPSA) is 99.8 Å². The zero-order valence-electron chi connectivity index (χ0n) is 13.4. The number of carbonyl (C=O) groups is 2. The van der Waals surface area contributed by atoms with E-state index in [4.69, 9.17) is 0 Å². The second-order valence-electron chi connectivity index (χ2n) is 5.10. The van der Waals surface area contributed by atoms with Gasteiger partial charge in [-0.05, 0) is 12.1 Å². The predicted octanol–water partition coefficient (Wildman–Crippen LogP) is 2.16. The molecule has 1 heterocycles. The molecule has 0 aliphatic carbocycles. The zero-order valence-corrected chi connectivity index (χ0v) is 14.2. The van der Waals surface area contributed by atoms with Crippen LogP contribution in [0.15, 0.2) is 59.8 Å². The van der Waals surface area contributed by atoms with Crippen molar-refractivity contribution in [3.05, 3.63) is 66.0 Å². The molecule has 3 N–H and O–H groups in total. The van der Waals surface area contributed by atoms with Crippen molar-refractivity contribution in [2.45, 2.75) is 5.16 Å². The summed E-state index contributed by atoms with van der Waals surface area (Å²) >= 11 is 1.10. The number of aromatic amines is 1. The quantitative estimate of drug-likeness (QED) is 0.471. The molecule has 0 aliphatic rings. The van der Waals surface area contributed by atoms with E-state index >= 15 is 0 Å². The van der Waals surface area contributed by atoms with E-state index in [0.29, 0.717) is 11.0 Å². The molecule has 1 aromatic heterocycles. The molecule has 3 aromatic rings. The summed E-state index contributed by atoms with van der Waals surface area (Å²) in [6.45, 7) is 0. The number of amides is 2. The highest BCUT2D eigenvalue weighted by molar-refractivity contribution is 7.99. The van der Waals surface area contributed by atoms with Crippen molar-refractivity contribution in [1.29, 1.82) is 0 Å². The lowest BCUT2D eigenvalue weighted by atomic mass is 10.2. The van der Waals surface area contributed by atoms with Crippen LogP contribution in [0.25, 0.3) is 11.4 Å². The molecule has 132 valence electrons. The number of aromatic nitrogens is 3. The van der Waals surface area contributed by atoms with E-state index in [9.17, 15) is 14.0 Å². The Balaban J connectivity index is 1.48. The number of halogens is 1. The highest BCUT2D eigenvalue weighted by atomic mass is 32.2. The molecule has 0 unspecified atom stereocenters. The third-order valence-corrected chi connectivity index (χ3v) is 4.13. The fourth-order valence-corrected chi connectivity index (χ4v) is 2.64. The number of hydrogen-bond donors (Lipinski definition) is 3. The van der Waals surface area contributed by atoms with Crippen LogP contribution < -0.4 is 10.9 Å². The summed E-state index contributed by atoms with van der Waals surface area (Å²) in [6, 6.07) is 14.9. The number of hydrogen-bond acceptors (Lipinski definition) is 5. The normalized spacial score (nSPS) is 10.3. The van der Waals surface area contributed by atoms with E-state index in [-0.39, 0.29) is 11.3 Å². The highest BCUT2D eigenvalue weighted by Crippen LogP contribution is 2.18.